The number of nitrogens with zero attached hydrogens (tertiary/aromatic N) is 3. The minimum absolute atomic E-state index is 0.238. The highest BCUT2D eigenvalue weighted by atomic mass is 19.1. The van der Waals surface area contributed by atoms with Gasteiger partial charge in [-0.25, -0.2) is 14.4 Å². The monoisotopic (exact) mass is 326 g/mol. The van der Waals surface area contributed by atoms with Crippen molar-refractivity contribution in [3.8, 4) is 0 Å². The van der Waals surface area contributed by atoms with Gasteiger partial charge in [-0.1, -0.05) is 18.2 Å². The standard InChI is InChI=1S/C18H19FN4O/c19-15-6-2-1-5-14(15)7-8-18(24)21-13-16-20-10-9-17(22-16)23-11-3-4-12-23/h1-2,5-10H,3-4,11-13H2,(H,21,24)/b8-7+. The number of aromatic nitrogens is 2. The molecule has 1 aromatic carbocycles. The van der Waals surface area contributed by atoms with Crippen molar-refractivity contribution in [1.82, 2.24) is 15.3 Å². The molecule has 2 aromatic rings. The predicted molar refractivity (Wildman–Crippen MR) is 90.8 cm³/mol. The molecule has 5 nitrogen and oxygen atoms in total. The fourth-order valence-corrected chi connectivity index (χ4v) is 2.60. The van der Waals surface area contributed by atoms with Crippen LogP contribution in [0.1, 0.15) is 24.2 Å². The summed E-state index contributed by atoms with van der Waals surface area (Å²) < 4.78 is 13.5. The number of rotatable bonds is 5. The van der Waals surface area contributed by atoms with E-state index in [1.165, 1.54) is 31.1 Å². The maximum absolute atomic E-state index is 13.5. The third-order valence-electron chi connectivity index (χ3n) is 3.86. The second-order valence-corrected chi connectivity index (χ2v) is 5.60. The molecule has 6 heteroatoms. The number of halogens is 1. The number of benzene rings is 1. The lowest BCUT2D eigenvalue weighted by atomic mass is 10.2. The zero-order valence-corrected chi connectivity index (χ0v) is 13.3. The largest absolute Gasteiger partial charge is 0.357 e. The van der Waals surface area contributed by atoms with Crippen LogP contribution in [0.4, 0.5) is 10.2 Å². The fraction of sp³-hybridized carbons (Fsp3) is 0.278. The maximum Gasteiger partial charge on any atom is 0.244 e. The van der Waals surface area contributed by atoms with Crippen molar-refractivity contribution in [3.05, 3.63) is 59.8 Å². The summed E-state index contributed by atoms with van der Waals surface area (Å²) in [6.45, 7) is 2.25. The van der Waals surface area contributed by atoms with Gasteiger partial charge in [0, 0.05) is 30.9 Å². The number of carbonyl (C=O) groups is 1. The Morgan fingerprint density at radius 1 is 1.25 bits per heavy atom. The normalized spacial score (nSPS) is 14.3. The molecule has 1 amide bonds. The van der Waals surface area contributed by atoms with Crippen LogP contribution in [0.5, 0.6) is 0 Å². The van der Waals surface area contributed by atoms with Crippen LogP contribution in [0.3, 0.4) is 0 Å². The fourth-order valence-electron chi connectivity index (χ4n) is 2.60. The van der Waals surface area contributed by atoms with E-state index in [1.54, 1.807) is 24.4 Å². The molecule has 0 radical (unpaired) electrons. The van der Waals surface area contributed by atoms with E-state index in [2.05, 4.69) is 20.2 Å². The zero-order chi connectivity index (χ0) is 16.8. The van der Waals surface area contributed by atoms with E-state index >= 15 is 0 Å². The summed E-state index contributed by atoms with van der Waals surface area (Å²) in [4.78, 5) is 22.7. The van der Waals surface area contributed by atoms with Crippen LogP contribution in [0.2, 0.25) is 0 Å². The van der Waals surface area contributed by atoms with Crippen LogP contribution >= 0.6 is 0 Å². The summed E-state index contributed by atoms with van der Waals surface area (Å²) in [5.74, 6) is 0.789. The summed E-state index contributed by atoms with van der Waals surface area (Å²) in [6.07, 6.45) is 6.82. The number of anilines is 1. The van der Waals surface area contributed by atoms with Crippen molar-refractivity contribution in [2.24, 2.45) is 0 Å². The molecular formula is C18H19FN4O. The van der Waals surface area contributed by atoms with E-state index < -0.39 is 0 Å². The van der Waals surface area contributed by atoms with Crippen LogP contribution in [-0.4, -0.2) is 29.0 Å². The number of hydrogen-bond acceptors (Lipinski definition) is 4. The van der Waals surface area contributed by atoms with E-state index in [0.29, 0.717) is 11.4 Å². The molecule has 2 heterocycles. The zero-order valence-electron chi connectivity index (χ0n) is 13.3. The van der Waals surface area contributed by atoms with Crippen LogP contribution in [0.15, 0.2) is 42.6 Å². The Labute approximate surface area is 140 Å². The highest BCUT2D eigenvalue weighted by Gasteiger charge is 2.14. The first kappa shape index (κ1) is 16.1. The van der Waals surface area contributed by atoms with Gasteiger partial charge in [-0.3, -0.25) is 4.79 Å². The third-order valence-corrected chi connectivity index (χ3v) is 3.86. The number of hydrogen-bond donors (Lipinski definition) is 1. The highest BCUT2D eigenvalue weighted by molar-refractivity contribution is 5.91. The van der Waals surface area contributed by atoms with E-state index in [9.17, 15) is 9.18 Å². The molecule has 0 unspecified atom stereocenters. The first-order chi connectivity index (χ1) is 11.7. The topological polar surface area (TPSA) is 58.1 Å². The average molecular weight is 326 g/mol. The lowest BCUT2D eigenvalue weighted by Gasteiger charge is -2.16. The molecule has 0 aliphatic carbocycles. The van der Waals surface area contributed by atoms with Gasteiger partial charge in [0.2, 0.25) is 5.91 Å². The first-order valence-corrected chi connectivity index (χ1v) is 8.00. The summed E-state index contributed by atoms with van der Waals surface area (Å²) >= 11 is 0. The highest BCUT2D eigenvalue weighted by Crippen LogP contribution is 2.16. The van der Waals surface area contributed by atoms with Crippen LogP contribution in [0.25, 0.3) is 6.08 Å². The van der Waals surface area contributed by atoms with E-state index in [4.69, 9.17) is 0 Å². The molecule has 0 spiro atoms. The lowest BCUT2D eigenvalue weighted by molar-refractivity contribution is -0.116. The van der Waals surface area contributed by atoms with Gasteiger partial charge in [-0.15, -0.1) is 0 Å². The van der Waals surface area contributed by atoms with Crippen molar-refractivity contribution < 1.29 is 9.18 Å². The third kappa shape index (κ3) is 4.16. The average Bonchev–Trinajstić information content (AvgIpc) is 3.14. The van der Waals surface area contributed by atoms with Gasteiger partial charge in [-0.2, -0.15) is 0 Å². The molecule has 1 aliphatic heterocycles. The Balaban J connectivity index is 1.56. The number of carbonyl (C=O) groups excluding carboxylic acids is 1. The SMILES string of the molecule is O=C(/C=C/c1ccccc1F)NCc1nccc(N2CCCC2)n1. The van der Waals surface area contributed by atoms with Crippen molar-refractivity contribution in [1.29, 1.82) is 0 Å². The summed E-state index contributed by atoms with van der Waals surface area (Å²) in [5.41, 5.74) is 0.375. The summed E-state index contributed by atoms with van der Waals surface area (Å²) in [7, 11) is 0. The van der Waals surface area contributed by atoms with E-state index in [0.717, 1.165) is 18.9 Å². The summed E-state index contributed by atoms with van der Waals surface area (Å²) in [5, 5.41) is 2.71. The molecule has 1 fully saturated rings. The summed E-state index contributed by atoms with van der Waals surface area (Å²) in [6, 6.07) is 8.18. The van der Waals surface area contributed by atoms with Crippen molar-refractivity contribution in [2.45, 2.75) is 19.4 Å². The first-order valence-electron chi connectivity index (χ1n) is 8.00. The Morgan fingerprint density at radius 3 is 2.83 bits per heavy atom. The van der Waals surface area contributed by atoms with E-state index in [1.807, 2.05) is 6.07 Å². The molecule has 124 valence electrons. The molecule has 1 saturated heterocycles. The van der Waals surface area contributed by atoms with Gasteiger partial charge < -0.3 is 10.2 Å². The minimum atomic E-state index is -0.358. The van der Waals surface area contributed by atoms with Crippen molar-refractivity contribution in [3.63, 3.8) is 0 Å². The van der Waals surface area contributed by atoms with Crippen LogP contribution in [0, 0.1) is 5.82 Å². The second-order valence-electron chi connectivity index (χ2n) is 5.60. The molecule has 0 saturated carbocycles. The minimum Gasteiger partial charge on any atom is -0.357 e. The molecular weight excluding hydrogens is 307 g/mol. The molecule has 1 aromatic heterocycles. The Morgan fingerprint density at radius 2 is 2.04 bits per heavy atom. The molecule has 1 aliphatic rings. The molecule has 0 atom stereocenters. The van der Waals surface area contributed by atoms with Gasteiger partial charge in [-0.05, 0) is 31.1 Å². The van der Waals surface area contributed by atoms with Crippen molar-refractivity contribution >= 4 is 17.8 Å². The number of nitrogens with one attached hydrogen (secondary N) is 1. The van der Waals surface area contributed by atoms with Crippen LogP contribution in [-0.2, 0) is 11.3 Å². The molecule has 1 N–H and O–H groups in total. The second kappa shape index (κ2) is 7.68. The quantitative estimate of drug-likeness (QED) is 0.858. The Bertz CT molecular complexity index is 741. The van der Waals surface area contributed by atoms with Gasteiger partial charge in [0.05, 0.1) is 6.54 Å². The van der Waals surface area contributed by atoms with Crippen LogP contribution < -0.4 is 10.2 Å². The Hall–Kier alpha value is -2.76. The molecule has 0 bridgehead atoms. The van der Waals surface area contributed by atoms with E-state index in [-0.39, 0.29) is 18.3 Å². The lowest BCUT2D eigenvalue weighted by Crippen LogP contribution is -2.23. The van der Waals surface area contributed by atoms with Gasteiger partial charge in [0.15, 0.2) is 0 Å². The van der Waals surface area contributed by atoms with Crippen molar-refractivity contribution in [2.75, 3.05) is 18.0 Å². The molecule has 24 heavy (non-hydrogen) atoms. The smallest absolute Gasteiger partial charge is 0.244 e. The van der Waals surface area contributed by atoms with Gasteiger partial charge in [0.1, 0.15) is 17.5 Å². The number of amides is 1. The van der Waals surface area contributed by atoms with Gasteiger partial charge in [0.25, 0.3) is 0 Å². The van der Waals surface area contributed by atoms with Gasteiger partial charge >= 0.3 is 0 Å². The predicted octanol–water partition coefficient (Wildman–Crippen LogP) is 2.55. The molecule has 3 rings (SSSR count). The Kier molecular flexibility index (Phi) is 5.15. The maximum atomic E-state index is 13.5.